The monoisotopic (exact) mass is 357 g/mol. The van der Waals surface area contributed by atoms with Gasteiger partial charge in [0.1, 0.15) is 11.8 Å². The Balaban J connectivity index is 2.05. The van der Waals surface area contributed by atoms with Gasteiger partial charge < -0.3 is 15.4 Å². The van der Waals surface area contributed by atoms with E-state index in [4.69, 9.17) is 4.74 Å². The summed E-state index contributed by atoms with van der Waals surface area (Å²) in [5.41, 5.74) is 2.35. The third kappa shape index (κ3) is 4.72. The highest BCUT2D eigenvalue weighted by Crippen LogP contribution is 2.29. The Morgan fingerprint density at radius 2 is 1.77 bits per heavy atom. The molecule has 0 aliphatic carbocycles. The molecule has 0 unspecified atom stereocenters. The predicted molar refractivity (Wildman–Crippen MR) is 102 cm³/mol. The summed E-state index contributed by atoms with van der Waals surface area (Å²) in [6.45, 7) is 5.98. The molecule has 2 N–H and O–H groups in total. The molecule has 26 heavy (non-hydrogen) atoms. The van der Waals surface area contributed by atoms with Crippen molar-refractivity contribution in [3.05, 3.63) is 58.1 Å². The summed E-state index contributed by atoms with van der Waals surface area (Å²) in [6, 6.07) is 11.5. The fourth-order valence-electron chi connectivity index (χ4n) is 2.42. The molecule has 2 rings (SSSR count). The van der Waals surface area contributed by atoms with E-state index in [1.165, 1.54) is 30.9 Å². The Labute approximate surface area is 152 Å². The number of amides is 1. The van der Waals surface area contributed by atoms with Crippen LogP contribution in [0.1, 0.15) is 32.3 Å². The molecule has 0 aliphatic rings. The van der Waals surface area contributed by atoms with Crippen molar-refractivity contribution >= 4 is 23.0 Å². The van der Waals surface area contributed by atoms with Crippen LogP contribution in [0.5, 0.6) is 5.75 Å². The Hall–Kier alpha value is -3.09. The van der Waals surface area contributed by atoms with Gasteiger partial charge in [0.05, 0.1) is 23.8 Å². The van der Waals surface area contributed by atoms with E-state index in [9.17, 15) is 14.9 Å². The van der Waals surface area contributed by atoms with E-state index in [0.29, 0.717) is 11.6 Å². The Morgan fingerprint density at radius 3 is 2.31 bits per heavy atom. The number of hydrogen-bond acceptors (Lipinski definition) is 5. The number of benzene rings is 2. The molecule has 2 aromatic carbocycles. The van der Waals surface area contributed by atoms with Crippen molar-refractivity contribution in [1.29, 1.82) is 0 Å². The summed E-state index contributed by atoms with van der Waals surface area (Å²) in [4.78, 5) is 22.7. The highest BCUT2D eigenvalue weighted by atomic mass is 16.6. The first-order chi connectivity index (χ1) is 12.3. The van der Waals surface area contributed by atoms with Gasteiger partial charge in [0.15, 0.2) is 0 Å². The lowest BCUT2D eigenvalue weighted by molar-refractivity contribution is -0.384. The van der Waals surface area contributed by atoms with Gasteiger partial charge in [-0.15, -0.1) is 0 Å². The van der Waals surface area contributed by atoms with Crippen molar-refractivity contribution in [1.82, 2.24) is 0 Å². The van der Waals surface area contributed by atoms with E-state index in [0.717, 1.165) is 5.69 Å². The summed E-state index contributed by atoms with van der Waals surface area (Å²) in [5.74, 6) is 0.408. The van der Waals surface area contributed by atoms with E-state index in [1.807, 2.05) is 24.3 Å². The molecule has 0 fully saturated rings. The zero-order chi connectivity index (χ0) is 19.3. The van der Waals surface area contributed by atoms with Crippen molar-refractivity contribution < 1.29 is 14.5 Å². The Bertz CT molecular complexity index is 788. The van der Waals surface area contributed by atoms with E-state index in [2.05, 4.69) is 24.5 Å². The zero-order valence-electron chi connectivity index (χ0n) is 15.3. The molecule has 0 saturated heterocycles. The second kappa shape index (κ2) is 8.33. The van der Waals surface area contributed by atoms with Crippen molar-refractivity contribution in [2.24, 2.45) is 0 Å². The highest BCUT2D eigenvalue weighted by Gasteiger charge is 2.17. The maximum Gasteiger partial charge on any atom is 0.273 e. The smallest absolute Gasteiger partial charge is 0.273 e. The molecular weight excluding hydrogens is 334 g/mol. The minimum absolute atomic E-state index is 0.101. The average molecular weight is 357 g/mol. The highest BCUT2D eigenvalue weighted by molar-refractivity contribution is 5.97. The van der Waals surface area contributed by atoms with Gasteiger partial charge in [-0.3, -0.25) is 14.9 Å². The van der Waals surface area contributed by atoms with Crippen LogP contribution < -0.4 is 15.4 Å². The molecule has 0 spiro atoms. The Morgan fingerprint density at radius 1 is 1.12 bits per heavy atom. The SMILES string of the molecule is COc1cc([N+](=O)[O-])ccc1NC(=O)[C@H](C)Nc1ccc(C(C)C)cc1. The summed E-state index contributed by atoms with van der Waals surface area (Å²) >= 11 is 0. The number of nitrogens with zero attached hydrogens (tertiary/aromatic N) is 1. The number of ether oxygens (including phenoxy) is 1. The number of anilines is 2. The minimum atomic E-state index is -0.515. The molecule has 0 bridgehead atoms. The van der Waals surface area contributed by atoms with Crippen LogP contribution in [0.4, 0.5) is 17.1 Å². The van der Waals surface area contributed by atoms with E-state index in [1.54, 1.807) is 6.92 Å². The van der Waals surface area contributed by atoms with Gasteiger partial charge in [-0.05, 0) is 36.6 Å². The predicted octanol–water partition coefficient (Wildman–Crippen LogP) is 4.17. The quantitative estimate of drug-likeness (QED) is 0.573. The fraction of sp³-hybridized carbons (Fsp3) is 0.316. The number of hydrogen-bond donors (Lipinski definition) is 2. The van der Waals surface area contributed by atoms with Crippen molar-refractivity contribution in [3.63, 3.8) is 0 Å². The molecule has 0 aromatic heterocycles. The number of nitro groups is 1. The topological polar surface area (TPSA) is 93.5 Å². The first-order valence-electron chi connectivity index (χ1n) is 8.31. The molecule has 0 heterocycles. The first kappa shape index (κ1) is 19.2. The molecule has 1 amide bonds. The molecule has 138 valence electrons. The normalized spacial score (nSPS) is 11.7. The molecule has 0 aliphatic heterocycles. The van der Waals surface area contributed by atoms with E-state index >= 15 is 0 Å². The Kier molecular flexibility index (Phi) is 6.16. The maximum absolute atomic E-state index is 12.4. The number of carbonyl (C=O) groups is 1. The zero-order valence-corrected chi connectivity index (χ0v) is 15.3. The van der Waals surface area contributed by atoms with Crippen LogP contribution in [-0.2, 0) is 4.79 Å². The van der Waals surface area contributed by atoms with Crippen LogP contribution in [0.2, 0.25) is 0 Å². The van der Waals surface area contributed by atoms with Gasteiger partial charge in [-0.25, -0.2) is 0 Å². The summed E-state index contributed by atoms with van der Waals surface area (Å²) in [7, 11) is 1.40. The van der Waals surface area contributed by atoms with Gasteiger partial charge in [-0.1, -0.05) is 26.0 Å². The van der Waals surface area contributed by atoms with Gasteiger partial charge in [0.2, 0.25) is 5.91 Å². The maximum atomic E-state index is 12.4. The summed E-state index contributed by atoms with van der Waals surface area (Å²) < 4.78 is 5.13. The van der Waals surface area contributed by atoms with Crippen molar-refractivity contribution in [2.75, 3.05) is 17.7 Å². The minimum Gasteiger partial charge on any atom is -0.494 e. The molecule has 0 saturated carbocycles. The lowest BCUT2D eigenvalue weighted by Gasteiger charge is -2.17. The number of methoxy groups -OCH3 is 1. The molecule has 0 radical (unpaired) electrons. The van der Waals surface area contributed by atoms with Crippen LogP contribution in [0.25, 0.3) is 0 Å². The summed E-state index contributed by atoms with van der Waals surface area (Å²) in [5, 5.41) is 16.7. The number of nitro benzene ring substituents is 1. The number of rotatable bonds is 7. The van der Waals surface area contributed by atoms with Crippen LogP contribution >= 0.6 is 0 Å². The summed E-state index contributed by atoms with van der Waals surface area (Å²) in [6.07, 6.45) is 0. The van der Waals surface area contributed by atoms with Crippen LogP contribution in [0.15, 0.2) is 42.5 Å². The number of carbonyl (C=O) groups excluding carboxylic acids is 1. The molecule has 1 atom stereocenters. The molecular formula is C19H23N3O4. The lowest BCUT2D eigenvalue weighted by Crippen LogP contribution is -2.32. The number of nitrogens with one attached hydrogen (secondary N) is 2. The fourth-order valence-corrected chi connectivity index (χ4v) is 2.42. The van der Waals surface area contributed by atoms with Crippen molar-refractivity contribution in [2.45, 2.75) is 32.7 Å². The van der Waals surface area contributed by atoms with E-state index in [-0.39, 0.29) is 17.3 Å². The number of non-ortho nitro benzene ring substituents is 1. The van der Waals surface area contributed by atoms with Crippen LogP contribution in [-0.4, -0.2) is 24.0 Å². The largest absolute Gasteiger partial charge is 0.494 e. The van der Waals surface area contributed by atoms with Gasteiger partial charge in [-0.2, -0.15) is 0 Å². The second-order valence-electron chi connectivity index (χ2n) is 6.27. The lowest BCUT2D eigenvalue weighted by atomic mass is 10.0. The molecule has 2 aromatic rings. The first-order valence-corrected chi connectivity index (χ1v) is 8.31. The average Bonchev–Trinajstić information content (AvgIpc) is 2.62. The van der Waals surface area contributed by atoms with Crippen LogP contribution in [0, 0.1) is 10.1 Å². The van der Waals surface area contributed by atoms with Gasteiger partial charge in [0.25, 0.3) is 5.69 Å². The third-order valence-electron chi connectivity index (χ3n) is 4.01. The van der Waals surface area contributed by atoms with Gasteiger partial charge >= 0.3 is 0 Å². The second-order valence-corrected chi connectivity index (χ2v) is 6.27. The standard InChI is InChI=1S/C19H23N3O4/c1-12(2)14-5-7-15(8-6-14)20-13(3)19(23)21-17-10-9-16(22(24)25)11-18(17)26-4/h5-13,20H,1-4H3,(H,21,23)/t13-/m0/s1. The van der Waals surface area contributed by atoms with E-state index < -0.39 is 11.0 Å². The van der Waals surface area contributed by atoms with Crippen molar-refractivity contribution in [3.8, 4) is 5.75 Å². The van der Waals surface area contributed by atoms with Crippen LogP contribution in [0.3, 0.4) is 0 Å². The molecule has 7 heteroatoms. The van der Waals surface area contributed by atoms with Gasteiger partial charge in [0, 0.05) is 11.8 Å². The third-order valence-corrected chi connectivity index (χ3v) is 4.01. The molecule has 7 nitrogen and oxygen atoms in total.